The Morgan fingerprint density at radius 3 is 3.25 bits per heavy atom. The smallest absolute Gasteiger partial charge is 0.253 e. The maximum absolute atomic E-state index is 12.5. The van der Waals surface area contributed by atoms with E-state index in [-0.39, 0.29) is 5.91 Å². The van der Waals surface area contributed by atoms with Gasteiger partial charge in [-0.2, -0.15) is 0 Å². The second kappa shape index (κ2) is 7.92. The van der Waals surface area contributed by atoms with Gasteiger partial charge >= 0.3 is 0 Å². The quantitative estimate of drug-likeness (QED) is 0.799. The first-order chi connectivity index (χ1) is 11.8. The number of rotatable bonds is 7. The third-order valence-electron chi connectivity index (χ3n) is 4.19. The molecule has 0 bridgehead atoms. The first-order valence-corrected chi connectivity index (χ1v) is 8.29. The fourth-order valence-corrected chi connectivity index (χ4v) is 2.93. The topological polar surface area (TPSA) is 81.1 Å². The van der Waals surface area contributed by atoms with Crippen LogP contribution in [0.5, 0.6) is 0 Å². The highest BCUT2D eigenvalue weighted by Crippen LogP contribution is 2.25. The van der Waals surface area contributed by atoms with Gasteiger partial charge in [-0.3, -0.25) is 4.79 Å². The lowest BCUT2D eigenvalue weighted by Crippen LogP contribution is -2.28. The van der Waals surface area contributed by atoms with Gasteiger partial charge in [0.15, 0.2) is 0 Å². The third kappa shape index (κ3) is 3.73. The van der Waals surface area contributed by atoms with Crippen LogP contribution >= 0.6 is 0 Å². The van der Waals surface area contributed by atoms with E-state index in [1.807, 2.05) is 16.7 Å². The van der Waals surface area contributed by atoms with E-state index in [0.717, 1.165) is 30.9 Å². The molecule has 1 aliphatic rings. The zero-order chi connectivity index (χ0) is 16.8. The van der Waals surface area contributed by atoms with Crippen molar-refractivity contribution >= 4 is 11.6 Å². The SMILES string of the molecule is COCCn1cnnc1CCNC(=O)c1cccc2c1NCCC2. The van der Waals surface area contributed by atoms with Crippen molar-refractivity contribution in [2.24, 2.45) is 0 Å². The number of nitrogens with one attached hydrogen (secondary N) is 2. The van der Waals surface area contributed by atoms with Gasteiger partial charge in [0.25, 0.3) is 5.91 Å². The van der Waals surface area contributed by atoms with Crippen LogP contribution in [0.3, 0.4) is 0 Å². The molecule has 1 aromatic carbocycles. The molecule has 3 rings (SSSR count). The Bertz CT molecular complexity index is 698. The second-order valence-electron chi connectivity index (χ2n) is 5.81. The van der Waals surface area contributed by atoms with Crippen LogP contribution in [0.25, 0.3) is 0 Å². The van der Waals surface area contributed by atoms with E-state index in [9.17, 15) is 4.79 Å². The number of ether oxygens (including phenoxy) is 1. The lowest BCUT2D eigenvalue weighted by atomic mass is 9.99. The molecule has 1 aliphatic heterocycles. The summed E-state index contributed by atoms with van der Waals surface area (Å²) in [6, 6.07) is 5.90. The van der Waals surface area contributed by atoms with Gasteiger partial charge in [0.2, 0.25) is 0 Å². The summed E-state index contributed by atoms with van der Waals surface area (Å²) in [4.78, 5) is 12.5. The van der Waals surface area contributed by atoms with Crippen molar-refractivity contribution in [3.05, 3.63) is 41.5 Å². The number of carbonyl (C=O) groups is 1. The highest BCUT2D eigenvalue weighted by Gasteiger charge is 2.17. The molecule has 128 valence electrons. The second-order valence-corrected chi connectivity index (χ2v) is 5.81. The monoisotopic (exact) mass is 329 g/mol. The van der Waals surface area contributed by atoms with Gasteiger partial charge in [0.1, 0.15) is 12.2 Å². The lowest BCUT2D eigenvalue weighted by molar-refractivity contribution is 0.0954. The fraction of sp³-hybridized carbons (Fsp3) is 0.471. The highest BCUT2D eigenvalue weighted by molar-refractivity contribution is 6.00. The third-order valence-corrected chi connectivity index (χ3v) is 4.19. The molecule has 1 amide bonds. The van der Waals surface area contributed by atoms with Crippen LogP contribution in [0.1, 0.15) is 28.2 Å². The molecule has 2 N–H and O–H groups in total. The minimum atomic E-state index is -0.0517. The number of amides is 1. The predicted molar refractivity (Wildman–Crippen MR) is 91.2 cm³/mol. The van der Waals surface area contributed by atoms with Crippen LogP contribution in [0.4, 0.5) is 5.69 Å². The number of methoxy groups -OCH3 is 1. The van der Waals surface area contributed by atoms with E-state index < -0.39 is 0 Å². The van der Waals surface area contributed by atoms with Crippen molar-refractivity contribution in [1.82, 2.24) is 20.1 Å². The number of hydrogen-bond donors (Lipinski definition) is 2. The number of aromatic nitrogens is 3. The van der Waals surface area contributed by atoms with E-state index >= 15 is 0 Å². The average Bonchev–Trinajstić information content (AvgIpc) is 3.06. The van der Waals surface area contributed by atoms with E-state index in [4.69, 9.17) is 4.74 Å². The van der Waals surface area contributed by atoms with Crippen LogP contribution in [-0.4, -0.2) is 47.5 Å². The average molecular weight is 329 g/mol. The van der Waals surface area contributed by atoms with Crippen molar-refractivity contribution in [2.75, 3.05) is 32.1 Å². The molecular weight excluding hydrogens is 306 g/mol. The summed E-state index contributed by atoms with van der Waals surface area (Å²) in [5.74, 6) is 0.796. The highest BCUT2D eigenvalue weighted by atomic mass is 16.5. The van der Waals surface area contributed by atoms with Crippen LogP contribution in [0.15, 0.2) is 24.5 Å². The van der Waals surface area contributed by atoms with Crippen molar-refractivity contribution in [2.45, 2.75) is 25.8 Å². The Morgan fingerprint density at radius 1 is 1.46 bits per heavy atom. The number of fused-ring (bicyclic) bond motifs is 1. The molecule has 0 saturated carbocycles. The van der Waals surface area contributed by atoms with Gasteiger partial charge in [-0.05, 0) is 24.5 Å². The Kier molecular flexibility index (Phi) is 5.43. The van der Waals surface area contributed by atoms with Crippen molar-refractivity contribution in [3.63, 3.8) is 0 Å². The molecular formula is C17H23N5O2. The fourth-order valence-electron chi connectivity index (χ4n) is 2.93. The van der Waals surface area contributed by atoms with Crippen LogP contribution in [-0.2, 0) is 24.1 Å². The minimum absolute atomic E-state index is 0.0517. The molecule has 0 unspecified atom stereocenters. The Labute approximate surface area is 141 Å². The van der Waals surface area contributed by atoms with Gasteiger partial charge in [-0.15, -0.1) is 10.2 Å². The Morgan fingerprint density at radius 2 is 2.38 bits per heavy atom. The van der Waals surface area contributed by atoms with E-state index in [2.05, 4.69) is 26.9 Å². The molecule has 2 heterocycles. The number of hydrogen-bond acceptors (Lipinski definition) is 5. The summed E-state index contributed by atoms with van der Waals surface area (Å²) in [5.41, 5.74) is 2.91. The van der Waals surface area contributed by atoms with Crippen molar-refractivity contribution in [1.29, 1.82) is 0 Å². The summed E-state index contributed by atoms with van der Waals surface area (Å²) in [5, 5.41) is 14.4. The molecule has 0 spiro atoms. The largest absolute Gasteiger partial charge is 0.384 e. The maximum atomic E-state index is 12.5. The van der Waals surface area contributed by atoms with Gasteiger partial charge < -0.3 is 19.9 Å². The van der Waals surface area contributed by atoms with Crippen LogP contribution in [0, 0.1) is 0 Å². The Hall–Kier alpha value is -2.41. The lowest BCUT2D eigenvalue weighted by Gasteiger charge is -2.20. The molecule has 1 aromatic heterocycles. The van der Waals surface area contributed by atoms with E-state index in [1.54, 1.807) is 13.4 Å². The number of para-hydroxylation sites is 1. The zero-order valence-electron chi connectivity index (χ0n) is 13.9. The number of aryl methyl sites for hydroxylation is 1. The normalized spacial score (nSPS) is 13.2. The summed E-state index contributed by atoms with van der Waals surface area (Å²) < 4.78 is 7.02. The summed E-state index contributed by atoms with van der Waals surface area (Å²) in [6.45, 7) is 2.76. The number of nitrogens with zero attached hydrogens (tertiary/aromatic N) is 3. The van der Waals surface area contributed by atoms with Crippen LogP contribution < -0.4 is 10.6 Å². The van der Waals surface area contributed by atoms with Crippen molar-refractivity contribution in [3.8, 4) is 0 Å². The predicted octanol–water partition coefficient (Wildman–Crippen LogP) is 1.26. The van der Waals surface area contributed by atoms with Crippen LogP contribution in [0.2, 0.25) is 0 Å². The maximum Gasteiger partial charge on any atom is 0.253 e. The zero-order valence-corrected chi connectivity index (χ0v) is 13.9. The van der Waals surface area contributed by atoms with E-state index in [1.165, 1.54) is 5.56 Å². The molecule has 7 heteroatoms. The van der Waals surface area contributed by atoms with Gasteiger partial charge in [-0.1, -0.05) is 12.1 Å². The number of anilines is 1. The molecule has 0 aliphatic carbocycles. The van der Waals surface area contributed by atoms with Gasteiger partial charge in [0, 0.05) is 33.2 Å². The molecule has 24 heavy (non-hydrogen) atoms. The first kappa shape index (κ1) is 16.4. The number of carbonyl (C=O) groups excluding carboxylic acids is 1. The number of benzene rings is 1. The molecule has 7 nitrogen and oxygen atoms in total. The summed E-state index contributed by atoms with van der Waals surface area (Å²) in [6.07, 6.45) is 4.45. The first-order valence-electron chi connectivity index (χ1n) is 8.29. The molecule has 0 radical (unpaired) electrons. The van der Waals surface area contributed by atoms with Crippen molar-refractivity contribution < 1.29 is 9.53 Å². The molecule has 2 aromatic rings. The molecule has 0 fully saturated rings. The Balaban J connectivity index is 1.58. The minimum Gasteiger partial charge on any atom is -0.384 e. The standard InChI is InChI=1S/C17H23N5O2/c1-24-11-10-22-12-20-21-15(22)7-9-19-17(23)14-6-2-4-13-5-3-8-18-16(13)14/h2,4,6,12,18H,3,5,7-11H2,1H3,(H,19,23). The molecule has 0 saturated heterocycles. The van der Waals surface area contributed by atoms with Gasteiger partial charge in [-0.25, -0.2) is 0 Å². The summed E-state index contributed by atoms with van der Waals surface area (Å²) >= 11 is 0. The van der Waals surface area contributed by atoms with E-state index in [0.29, 0.717) is 31.7 Å². The summed E-state index contributed by atoms with van der Waals surface area (Å²) in [7, 11) is 1.67. The molecule has 0 atom stereocenters. The van der Waals surface area contributed by atoms with Gasteiger partial charge in [0.05, 0.1) is 17.9 Å².